The largest absolute Gasteiger partial charge is 0.0763 e. The Kier molecular flexibility index (Phi) is 2.41. The van der Waals surface area contributed by atoms with E-state index in [0.29, 0.717) is 0 Å². The van der Waals surface area contributed by atoms with Crippen molar-refractivity contribution in [1.29, 1.82) is 0 Å². The van der Waals surface area contributed by atoms with E-state index in [1.54, 1.807) is 5.57 Å². The van der Waals surface area contributed by atoms with Crippen molar-refractivity contribution in [2.75, 3.05) is 0 Å². The molecule has 92 valence electrons. The molecule has 0 nitrogen and oxygen atoms in total. The quantitative estimate of drug-likeness (QED) is 0.657. The Morgan fingerprint density at radius 1 is 0.737 bits per heavy atom. The van der Waals surface area contributed by atoms with Crippen LogP contribution in [-0.2, 0) is 0 Å². The standard InChI is InChI=1S/C19H16/c1-2-8-14(9-3-1)19-17-12-6-4-10-15(17)16-11-5-7-13-18(16)19/h1-4,6,8-12H,5,7,13H2. The molecule has 0 aromatic heterocycles. The first-order valence-corrected chi connectivity index (χ1v) is 7.04. The van der Waals surface area contributed by atoms with E-state index >= 15 is 0 Å². The Morgan fingerprint density at radius 2 is 1.47 bits per heavy atom. The van der Waals surface area contributed by atoms with E-state index in [1.165, 1.54) is 47.1 Å². The van der Waals surface area contributed by atoms with Crippen LogP contribution in [0, 0.1) is 0 Å². The van der Waals surface area contributed by atoms with Crippen molar-refractivity contribution < 1.29 is 0 Å². The van der Waals surface area contributed by atoms with Gasteiger partial charge in [-0.05, 0) is 52.7 Å². The fraction of sp³-hybridized carbons (Fsp3) is 0.158. The lowest BCUT2D eigenvalue weighted by molar-refractivity contribution is 0.832. The van der Waals surface area contributed by atoms with Gasteiger partial charge in [-0.1, -0.05) is 60.7 Å². The van der Waals surface area contributed by atoms with Crippen molar-refractivity contribution in [3.05, 3.63) is 82.9 Å². The number of benzene rings is 2. The highest BCUT2D eigenvalue weighted by molar-refractivity contribution is 6.05. The molecule has 2 aromatic rings. The highest BCUT2D eigenvalue weighted by Gasteiger charge is 2.27. The van der Waals surface area contributed by atoms with Crippen molar-refractivity contribution in [3.63, 3.8) is 0 Å². The van der Waals surface area contributed by atoms with Gasteiger partial charge in [0.25, 0.3) is 0 Å². The zero-order valence-electron chi connectivity index (χ0n) is 10.9. The number of rotatable bonds is 1. The van der Waals surface area contributed by atoms with Gasteiger partial charge in [0.05, 0.1) is 0 Å². The Bertz CT molecular complexity index is 687. The molecule has 2 aromatic carbocycles. The first-order chi connectivity index (χ1) is 9.45. The summed E-state index contributed by atoms with van der Waals surface area (Å²) < 4.78 is 0. The molecule has 0 unspecified atom stereocenters. The lowest BCUT2D eigenvalue weighted by atomic mass is 9.91. The van der Waals surface area contributed by atoms with Crippen LogP contribution < -0.4 is 0 Å². The van der Waals surface area contributed by atoms with Crippen LogP contribution in [0.2, 0.25) is 0 Å². The minimum Gasteiger partial charge on any atom is -0.0763 e. The molecule has 0 heteroatoms. The molecule has 4 rings (SSSR count). The normalized spacial score (nSPS) is 16.9. The zero-order chi connectivity index (χ0) is 12.7. The van der Waals surface area contributed by atoms with Crippen LogP contribution in [0.15, 0.2) is 66.2 Å². The van der Waals surface area contributed by atoms with E-state index in [2.05, 4.69) is 60.7 Å². The summed E-state index contributed by atoms with van der Waals surface area (Å²) >= 11 is 0. The van der Waals surface area contributed by atoms with E-state index < -0.39 is 0 Å². The third kappa shape index (κ3) is 1.60. The third-order valence-corrected chi connectivity index (χ3v) is 4.16. The van der Waals surface area contributed by atoms with Crippen LogP contribution in [0.3, 0.4) is 0 Å². The minimum atomic E-state index is 1.21. The molecule has 0 aliphatic heterocycles. The maximum atomic E-state index is 2.42. The number of allylic oxidation sites excluding steroid dienone is 3. The van der Waals surface area contributed by atoms with Gasteiger partial charge in [-0.2, -0.15) is 0 Å². The molecular weight excluding hydrogens is 228 g/mol. The van der Waals surface area contributed by atoms with Gasteiger partial charge in [-0.25, -0.2) is 0 Å². The lowest BCUT2D eigenvalue weighted by Gasteiger charge is -2.14. The van der Waals surface area contributed by atoms with E-state index in [4.69, 9.17) is 0 Å². The summed E-state index contributed by atoms with van der Waals surface area (Å²) in [5.41, 5.74) is 8.70. The van der Waals surface area contributed by atoms with Crippen LogP contribution in [0.1, 0.15) is 36.0 Å². The average molecular weight is 244 g/mol. The van der Waals surface area contributed by atoms with E-state index in [9.17, 15) is 0 Å². The number of hydrogen-bond acceptors (Lipinski definition) is 0. The van der Waals surface area contributed by atoms with Crippen LogP contribution >= 0.6 is 0 Å². The summed E-state index contributed by atoms with van der Waals surface area (Å²) in [6.45, 7) is 0. The molecule has 19 heavy (non-hydrogen) atoms. The summed E-state index contributed by atoms with van der Waals surface area (Å²) in [4.78, 5) is 0. The molecule has 0 amide bonds. The van der Waals surface area contributed by atoms with Gasteiger partial charge in [-0.15, -0.1) is 0 Å². The summed E-state index contributed by atoms with van der Waals surface area (Å²) in [5.74, 6) is 0. The van der Waals surface area contributed by atoms with Crippen LogP contribution in [-0.4, -0.2) is 0 Å². The fourth-order valence-corrected chi connectivity index (χ4v) is 3.35. The second-order valence-corrected chi connectivity index (χ2v) is 5.28. The van der Waals surface area contributed by atoms with Gasteiger partial charge < -0.3 is 0 Å². The first kappa shape index (κ1) is 10.8. The van der Waals surface area contributed by atoms with Gasteiger partial charge >= 0.3 is 0 Å². The van der Waals surface area contributed by atoms with Crippen molar-refractivity contribution in [2.45, 2.75) is 19.3 Å². The monoisotopic (exact) mass is 244 g/mol. The maximum Gasteiger partial charge on any atom is -0.00670 e. The third-order valence-electron chi connectivity index (χ3n) is 4.16. The molecule has 0 spiro atoms. The molecule has 0 saturated carbocycles. The van der Waals surface area contributed by atoms with Gasteiger partial charge in [0.2, 0.25) is 0 Å². The summed E-state index contributed by atoms with van der Waals surface area (Å²) in [7, 11) is 0. The molecule has 0 radical (unpaired) electrons. The Morgan fingerprint density at radius 3 is 2.32 bits per heavy atom. The summed E-state index contributed by atoms with van der Waals surface area (Å²) in [6.07, 6.45) is 6.14. The van der Waals surface area contributed by atoms with E-state index in [-0.39, 0.29) is 0 Å². The van der Waals surface area contributed by atoms with E-state index in [1.807, 2.05) is 0 Å². The van der Waals surface area contributed by atoms with Crippen LogP contribution in [0.5, 0.6) is 0 Å². The SMILES string of the molecule is C1=C2C(=C(c3ccccc3)c3ccccc32)CCC1. The van der Waals surface area contributed by atoms with Crippen molar-refractivity contribution in [3.8, 4) is 0 Å². The summed E-state index contributed by atoms with van der Waals surface area (Å²) in [5, 5.41) is 0. The fourth-order valence-electron chi connectivity index (χ4n) is 3.35. The molecule has 0 heterocycles. The summed E-state index contributed by atoms with van der Waals surface area (Å²) in [6, 6.07) is 19.7. The van der Waals surface area contributed by atoms with Gasteiger partial charge in [-0.3, -0.25) is 0 Å². The van der Waals surface area contributed by atoms with Gasteiger partial charge in [0, 0.05) is 0 Å². The smallest absolute Gasteiger partial charge is 0.00670 e. The molecule has 0 atom stereocenters. The van der Waals surface area contributed by atoms with Crippen LogP contribution in [0.4, 0.5) is 0 Å². The van der Waals surface area contributed by atoms with Gasteiger partial charge in [0.1, 0.15) is 0 Å². The van der Waals surface area contributed by atoms with Crippen LogP contribution in [0.25, 0.3) is 11.1 Å². The van der Waals surface area contributed by atoms with Crippen molar-refractivity contribution in [2.24, 2.45) is 0 Å². The molecule has 0 saturated heterocycles. The highest BCUT2D eigenvalue weighted by atomic mass is 14.3. The molecule has 2 aliphatic rings. The molecular formula is C19H16. The predicted octanol–water partition coefficient (Wildman–Crippen LogP) is 5.07. The minimum absolute atomic E-state index is 1.21. The highest BCUT2D eigenvalue weighted by Crippen LogP contribution is 2.48. The lowest BCUT2D eigenvalue weighted by Crippen LogP contribution is -1.93. The number of fused-ring (bicyclic) bond motifs is 3. The Labute approximate surface area is 114 Å². The second-order valence-electron chi connectivity index (χ2n) is 5.28. The average Bonchev–Trinajstić information content (AvgIpc) is 2.83. The van der Waals surface area contributed by atoms with Crippen molar-refractivity contribution in [1.82, 2.24) is 0 Å². The molecule has 0 bridgehead atoms. The first-order valence-electron chi connectivity index (χ1n) is 7.04. The van der Waals surface area contributed by atoms with E-state index in [0.717, 1.165) is 0 Å². The molecule has 2 aliphatic carbocycles. The Hall–Kier alpha value is -2.08. The van der Waals surface area contributed by atoms with Gasteiger partial charge in [0.15, 0.2) is 0 Å². The number of hydrogen-bond donors (Lipinski definition) is 0. The Balaban J connectivity index is 2.02. The molecule has 0 fully saturated rings. The molecule has 0 N–H and O–H groups in total. The predicted molar refractivity (Wildman–Crippen MR) is 80.7 cm³/mol. The maximum absolute atomic E-state index is 2.42. The second kappa shape index (κ2) is 4.24. The zero-order valence-corrected chi connectivity index (χ0v) is 10.9. The topological polar surface area (TPSA) is 0 Å². The van der Waals surface area contributed by atoms with Crippen molar-refractivity contribution >= 4 is 11.1 Å².